The highest BCUT2D eigenvalue weighted by molar-refractivity contribution is 5.00. The Labute approximate surface area is 225 Å². The van der Waals surface area contributed by atoms with E-state index in [0.29, 0.717) is 22.2 Å². The van der Waals surface area contributed by atoms with Crippen molar-refractivity contribution in [3.8, 4) is 0 Å². The molecule has 0 bridgehead atoms. The quantitative estimate of drug-likeness (QED) is 0.289. The maximum Gasteiger partial charge on any atom is 0.0971 e. The highest BCUT2D eigenvalue weighted by Gasteiger charge is 2.38. The number of hydrogen-bond acceptors (Lipinski definition) is 8. The minimum Gasteiger partial charge on any atom is -0.378 e. The van der Waals surface area contributed by atoms with Crippen molar-refractivity contribution < 1.29 is 9.47 Å². The molecule has 1 atom stereocenters. The van der Waals surface area contributed by atoms with Crippen molar-refractivity contribution in [2.75, 3.05) is 72.4 Å². The van der Waals surface area contributed by atoms with Crippen LogP contribution in [0.3, 0.4) is 0 Å². The Morgan fingerprint density at radius 3 is 1.43 bits per heavy atom. The SMILES string of the molecule is C1CC2(CCN1)CCN2.C1CCC2(C1)COCCN2.C1CCC2(C1)COCN2.C1CNC2(C1)CCNC2. The van der Waals surface area contributed by atoms with Crippen LogP contribution in [0.25, 0.3) is 0 Å². The number of morpholine rings is 1. The summed E-state index contributed by atoms with van der Waals surface area (Å²) in [5.74, 6) is 0. The number of hydrogen-bond donors (Lipinski definition) is 6. The van der Waals surface area contributed by atoms with Gasteiger partial charge in [-0.2, -0.15) is 0 Å². The third-order valence-electron chi connectivity index (χ3n) is 10.4. The largest absolute Gasteiger partial charge is 0.378 e. The lowest BCUT2D eigenvalue weighted by Gasteiger charge is -2.46. The van der Waals surface area contributed by atoms with Gasteiger partial charge in [0.1, 0.15) is 0 Å². The average molecular weight is 521 g/mol. The van der Waals surface area contributed by atoms with Crippen molar-refractivity contribution in [2.45, 2.75) is 112 Å². The van der Waals surface area contributed by atoms with Crippen molar-refractivity contribution in [3.63, 3.8) is 0 Å². The summed E-state index contributed by atoms with van der Waals surface area (Å²) >= 11 is 0. The summed E-state index contributed by atoms with van der Waals surface area (Å²) in [7, 11) is 0. The van der Waals surface area contributed by atoms with E-state index in [1.54, 1.807) is 0 Å². The van der Waals surface area contributed by atoms with E-state index in [0.717, 1.165) is 33.1 Å². The van der Waals surface area contributed by atoms with Gasteiger partial charge in [0.15, 0.2) is 0 Å². The Morgan fingerprint density at radius 2 is 0.973 bits per heavy atom. The third-order valence-corrected chi connectivity index (χ3v) is 10.4. The van der Waals surface area contributed by atoms with Crippen LogP contribution in [0.15, 0.2) is 0 Å². The molecule has 6 saturated heterocycles. The molecule has 2 saturated carbocycles. The zero-order valence-corrected chi connectivity index (χ0v) is 23.5. The molecule has 0 aromatic heterocycles. The average Bonchev–Trinajstić information content (AvgIpc) is 3.77. The highest BCUT2D eigenvalue weighted by Crippen LogP contribution is 2.32. The van der Waals surface area contributed by atoms with Crippen LogP contribution < -0.4 is 31.9 Å². The second-order valence-electron chi connectivity index (χ2n) is 13.1. The summed E-state index contributed by atoms with van der Waals surface area (Å²) in [6.07, 6.45) is 19.0. The van der Waals surface area contributed by atoms with E-state index in [4.69, 9.17) is 9.47 Å². The molecule has 0 aromatic carbocycles. The van der Waals surface area contributed by atoms with Crippen LogP contribution in [-0.4, -0.2) is 94.5 Å². The molecule has 8 rings (SSSR count). The molecule has 6 N–H and O–H groups in total. The van der Waals surface area contributed by atoms with E-state index in [1.807, 2.05) is 0 Å². The van der Waals surface area contributed by atoms with Gasteiger partial charge < -0.3 is 36.1 Å². The molecule has 214 valence electrons. The number of rotatable bonds is 0. The third kappa shape index (κ3) is 7.66. The minimum atomic E-state index is 0.401. The summed E-state index contributed by atoms with van der Waals surface area (Å²) in [5, 5.41) is 20.8. The Morgan fingerprint density at radius 1 is 0.405 bits per heavy atom. The van der Waals surface area contributed by atoms with Crippen LogP contribution in [0.1, 0.15) is 89.9 Å². The van der Waals surface area contributed by atoms with Gasteiger partial charge >= 0.3 is 0 Å². The maximum atomic E-state index is 5.44. The molecule has 0 amide bonds. The van der Waals surface area contributed by atoms with Crippen molar-refractivity contribution in [1.82, 2.24) is 31.9 Å². The first kappa shape index (κ1) is 28.2. The Bertz CT molecular complexity index is 578. The van der Waals surface area contributed by atoms with E-state index in [-0.39, 0.29) is 0 Å². The van der Waals surface area contributed by atoms with Gasteiger partial charge in [0, 0.05) is 35.2 Å². The molecule has 1 unspecified atom stereocenters. The molecule has 6 heterocycles. The first-order valence-corrected chi connectivity index (χ1v) is 15.7. The summed E-state index contributed by atoms with van der Waals surface area (Å²) in [5.41, 5.74) is 1.93. The molecule has 6 aliphatic heterocycles. The standard InChI is InChI=1S/C8H15NO.2C7H14N2.C7H13NO/c1-2-4-8(3-1)7-10-6-5-9-8;1-4-8-5-2-7(1)3-6-9-7;1-2-7(9-4-1)3-5-8-6-7;1-2-4-7(3-1)5-9-6-8-7/h9H,1-7H2;2*8-9H,1-6H2;8H,1-6H2. The van der Waals surface area contributed by atoms with E-state index < -0.39 is 0 Å². The van der Waals surface area contributed by atoms with Gasteiger partial charge in [-0.05, 0) is 96.9 Å². The van der Waals surface area contributed by atoms with Crippen molar-refractivity contribution in [3.05, 3.63) is 0 Å². The van der Waals surface area contributed by atoms with Gasteiger partial charge in [0.05, 0.1) is 26.6 Å². The number of ether oxygens (including phenoxy) is 2. The minimum absolute atomic E-state index is 0.401. The van der Waals surface area contributed by atoms with Crippen LogP contribution in [0, 0.1) is 0 Å². The second-order valence-corrected chi connectivity index (χ2v) is 13.1. The Kier molecular flexibility index (Phi) is 10.2. The van der Waals surface area contributed by atoms with Crippen LogP contribution in [-0.2, 0) is 9.47 Å². The first-order chi connectivity index (χ1) is 18.2. The molecule has 0 aromatic rings. The normalized spacial score (nSPS) is 34.4. The van der Waals surface area contributed by atoms with Gasteiger partial charge in [-0.3, -0.25) is 5.32 Å². The van der Waals surface area contributed by atoms with Crippen molar-refractivity contribution >= 4 is 0 Å². The molecule has 4 spiro atoms. The van der Waals surface area contributed by atoms with Crippen molar-refractivity contribution in [2.24, 2.45) is 0 Å². The molecule has 8 heteroatoms. The van der Waals surface area contributed by atoms with Gasteiger partial charge in [-0.1, -0.05) is 25.7 Å². The van der Waals surface area contributed by atoms with Crippen LogP contribution in [0.2, 0.25) is 0 Å². The summed E-state index contributed by atoms with van der Waals surface area (Å²) in [6, 6.07) is 0. The fourth-order valence-electron chi connectivity index (χ4n) is 7.74. The molecular formula is C29H56N6O2. The lowest BCUT2D eigenvalue weighted by Crippen LogP contribution is -2.61. The van der Waals surface area contributed by atoms with E-state index in [9.17, 15) is 0 Å². The van der Waals surface area contributed by atoms with E-state index >= 15 is 0 Å². The van der Waals surface area contributed by atoms with Gasteiger partial charge in [-0.25, -0.2) is 0 Å². The van der Waals surface area contributed by atoms with Crippen LogP contribution in [0.5, 0.6) is 0 Å². The lowest BCUT2D eigenvalue weighted by atomic mass is 9.80. The predicted octanol–water partition coefficient (Wildman–Crippen LogP) is 2.00. The zero-order valence-electron chi connectivity index (χ0n) is 23.5. The lowest BCUT2D eigenvalue weighted by molar-refractivity contribution is 0.0302. The van der Waals surface area contributed by atoms with Crippen LogP contribution >= 0.6 is 0 Å². The molecular weight excluding hydrogens is 464 g/mol. The highest BCUT2D eigenvalue weighted by atomic mass is 16.5. The monoisotopic (exact) mass is 520 g/mol. The Hall–Kier alpha value is -0.320. The fourth-order valence-corrected chi connectivity index (χ4v) is 7.74. The summed E-state index contributed by atoms with van der Waals surface area (Å²) in [6.45, 7) is 12.0. The molecule has 8 fully saturated rings. The summed E-state index contributed by atoms with van der Waals surface area (Å²) < 4.78 is 10.7. The molecule has 8 aliphatic rings. The topological polar surface area (TPSA) is 90.6 Å². The van der Waals surface area contributed by atoms with Crippen molar-refractivity contribution in [1.29, 1.82) is 0 Å². The molecule has 8 nitrogen and oxygen atoms in total. The fraction of sp³-hybridized carbons (Fsp3) is 1.00. The Balaban J connectivity index is 0.000000101. The van der Waals surface area contributed by atoms with E-state index in [2.05, 4.69) is 31.9 Å². The summed E-state index contributed by atoms with van der Waals surface area (Å²) in [4.78, 5) is 0. The molecule has 37 heavy (non-hydrogen) atoms. The predicted molar refractivity (Wildman–Crippen MR) is 150 cm³/mol. The second kappa shape index (κ2) is 13.4. The smallest absolute Gasteiger partial charge is 0.0971 e. The van der Waals surface area contributed by atoms with Gasteiger partial charge in [-0.15, -0.1) is 0 Å². The van der Waals surface area contributed by atoms with Crippen LogP contribution in [0.4, 0.5) is 0 Å². The van der Waals surface area contributed by atoms with Gasteiger partial charge in [0.25, 0.3) is 0 Å². The zero-order chi connectivity index (χ0) is 25.3. The van der Waals surface area contributed by atoms with Gasteiger partial charge in [0.2, 0.25) is 0 Å². The maximum absolute atomic E-state index is 5.44. The number of piperidine rings is 1. The molecule has 2 aliphatic carbocycles. The number of nitrogens with one attached hydrogen (secondary N) is 6. The van der Waals surface area contributed by atoms with E-state index in [1.165, 1.54) is 129 Å². The molecule has 0 radical (unpaired) electrons. The first-order valence-electron chi connectivity index (χ1n) is 15.7.